The van der Waals surface area contributed by atoms with E-state index in [9.17, 15) is 9.90 Å². The van der Waals surface area contributed by atoms with Crippen LogP contribution >= 0.6 is 0 Å². The van der Waals surface area contributed by atoms with Crippen molar-refractivity contribution in [3.8, 4) is 0 Å². The van der Waals surface area contributed by atoms with Crippen molar-refractivity contribution in [2.75, 3.05) is 6.54 Å². The van der Waals surface area contributed by atoms with E-state index in [1.54, 1.807) is 10.9 Å². The number of aromatic nitrogens is 2. The predicted molar refractivity (Wildman–Crippen MR) is 90.5 cm³/mol. The molecule has 1 atom stereocenters. The van der Waals surface area contributed by atoms with Crippen molar-refractivity contribution >= 4 is 5.91 Å². The number of nitrogens with zero attached hydrogens (tertiary/aromatic N) is 2. The topological polar surface area (TPSA) is 67.2 Å². The van der Waals surface area contributed by atoms with E-state index >= 15 is 0 Å². The highest BCUT2D eigenvalue weighted by Gasteiger charge is 2.19. The SMILES string of the molecule is CCn1cc(C(=O)NCC(O)Cc2ccccc2)c(C(C)C)n1. The molecule has 2 rings (SSSR count). The molecule has 2 N–H and O–H groups in total. The Morgan fingerprint density at radius 3 is 2.61 bits per heavy atom. The molecule has 1 amide bonds. The third-order valence-electron chi connectivity index (χ3n) is 3.72. The number of hydrogen-bond acceptors (Lipinski definition) is 3. The average molecular weight is 315 g/mol. The minimum atomic E-state index is -0.606. The fraction of sp³-hybridized carbons (Fsp3) is 0.444. The summed E-state index contributed by atoms with van der Waals surface area (Å²) in [6.45, 7) is 6.97. The molecule has 0 fully saturated rings. The Hall–Kier alpha value is -2.14. The van der Waals surface area contributed by atoms with Gasteiger partial charge in [0, 0.05) is 25.7 Å². The van der Waals surface area contributed by atoms with Crippen LogP contribution in [-0.4, -0.2) is 33.4 Å². The number of rotatable bonds is 7. The number of benzene rings is 1. The quantitative estimate of drug-likeness (QED) is 0.824. The van der Waals surface area contributed by atoms with Gasteiger partial charge in [-0.1, -0.05) is 44.2 Å². The molecule has 1 aromatic carbocycles. The number of aryl methyl sites for hydroxylation is 1. The van der Waals surface area contributed by atoms with E-state index in [0.29, 0.717) is 12.0 Å². The molecule has 0 bridgehead atoms. The molecular weight excluding hydrogens is 290 g/mol. The highest BCUT2D eigenvalue weighted by molar-refractivity contribution is 5.95. The van der Waals surface area contributed by atoms with Crippen LogP contribution < -0.4 is 5.32 Å². The molecule has 1 unspecified atom stereocenters. The van der Waals surface area contributed by atoms with E-state index in [2.05, 4.69) is 10.4 Å². The molecule has 0 aliphatic rings. The van der Waals surface area contributed by atoms with Crippen LogP contribution in [0, 0.1) is 0 Å². The Morgan fingerprint density at radius 2 is 2.00 bits per heavy atom. The van der Waals surface area contributed by atoms with E-state index in [4.69, 9.17) is 0 Å². The maximum Gasteiger partial charge on any atom is 0.254 e. The Balaban J connectivity index is 1.95. The second kappa shape index (κ2) is 7.92. The second-order valence-electron chi connectivity index (χ2n) is 5.99. The molecule has 0 aliphatic carbocycles. The van der Waals surface area contributed by atoms with Crippen molar-refractivity contribution in [1.82, 2.24) is 15.1 Å². The van der Waals surface area contributed by atoms with Crippen LogP contribution in [0.5, 0.6) is 0 Å². The van der Waals surface area contributed by atoms with Gasteiger partial charge in [0.15, 0.2) is 0 Å². The van der Waals surface area contributed by atoms with E-state index in [0.717, 1.165) is 17.8 Å². The Bertz CT molecular complexity index is 635. The minimum Gasteiger partial charge on any atom is -0.391 e. The molecular formula is C18H25N3O2. The summed E-state index contributed by atoms with van der Waals surface area (Å²) in [5.74, 6) is -0.00157. The number of nitrogens with one attached hydrogen (secondary N) is 1. The first-order valence-corrected chi connectivity index (χ1v) is 8.08. The summed E-state index contributed by atoms with van der Waals surface area (Å²) in [6.07, 6.45) is 1.69. The van der Waals surface area contributed by atoms with Gasteiger partial charge in [-0.25, -0.2) is 0 Å². The van der Waals surface area contributed by atoms with Crippen LogP contribution in [0.25, 0.3) is 0 Å². The number of hydrogen-bond donors (Lipinski definition) is 2. The molecule has 0 radical (unpaired) electrons. The summed E-state index contributed by atoms with van der Waals surface area (Å²) in [6, 6.07) is 9.75. The highest BCUT2D eigenvalue weighted by Crippen LogP contribution is 2.17. The summed E-state index contributed by atoms with van der Waals surface area (Å²) < 4.78 is 1.77. The van der Waals surface area contributed by atoms with E-state index in [1.165, 1.54) is 0 Å². The van der Waals surface area contributed by atoms with Crippen molar-refractivity contribution in [3.05, 3.63) is 53.3 Å². The van der Waals surface area contributed by atoms with Crippen LogP contribution in [0.3, 0.4) is 0 Å². The molecule has 0 spiro atoms. The smallest absolute Gasteiger partial charge is 0.254 e. The van der Waals surface area contributed by atoms with E-state index < -0.39 is 6.10 Å². The van der Waals surface area contributed by atoms with E-state index in [-0.39, 0.29) is 18.4 Å². The number of aliphatic hydroxyl groups is 1. The van der Waals surface area contributed by atoms with Gasteiger partial charge in [-0.3, -0.25) is 9.48 Å². The first-order valence-electron chi connectivity index (χ1n) is 8.08. The van der Waals surface area contributed by atoms with Gasteiger partial charge in [-0.2, -0.15) is 5.10 Å². The zero-order valence-corrected chi connectivity index (χ0v) is 14.0. The first-order chi connectivity index (χ1) is 11.0. The fourth-order valence-corrected chi connectivity index (χ4v) is 2.46. The number of carbonyl (C=O) groups is 1. The lowest BCUT2D eigenvalue weighted by atomic mass is 10.1. The molecule has 23 heavy (non-hydrogen) atoms. The van der Waals surface area contributed by atoms with Crippen molar-refractivity contribution < 1.29 is 9.90 Å². The van der Waals surface area contributed by atoms with Gasteiger partial charge >= 0.3 is 0 Å². The molecule has 0 saturated carbocycles. The first kappa shape index (κ1) is 17.2. The van der Waals surface area contributed by atoms with Crippen LogP contribution in [0.1, 0.15) is 48.3 Å². The maximum atomic E-state index is 12.4. The zero-order valence-electron chi connectivity index (χ0n) is 14.0. The molecule has 1 aromatic heterocycles. The van der Waals surface area contributed by atoms with Gasteiger partial charge in [-0.05, 0) is 18.4 Å². The average Bonchev–Trinajstić information content (AvgIpc) is 2.98. The third kappa shape index (κ3) is 4.66. The van der Waals surface area contributed by atoms with Gasteiger partial charge in [0.05, 0.1) is 17.4 Å². The van der Waals surface area contributed by atoms with Crippen LogP contribution in [0.4, 0.5) is 0 Å². The van der Waals surface area contributed by atoms with Crippen LogP contribution in [-0.2, 0) is 13.0 Å². The standard InChI is InChI=1S/C18H25N3O2/c1-4-21-12-16(17(20-21)13(2)3)18(23)19-11-15(22)10-14-8-6-5-7-9-14/h5-9,12-13,15,22H,4,10-11H2,1-3H3,(H,19,23). The molecule has 0 saturated heterocycles. The second-order valence-corrected chi connectivity index (χ2v) is 5.99. The molecule has 1 heterocycles. The van der Waals surface area contributed by atoms with Crippen molar-refractivity contribution in [3.63, 3.8) is 0 Å². The largest absolute Gasteiger partial charge is 0.391 e. The van der Waals surface area contributed by atoms with Crippen molar-refractivity contribution in [2.24, 2.45) is 0 Å². The minimum absolute atomic E-state index is 0.179. The summed E-state index contributed by atoms with van der Waals surface area (Å²) in [5.41, 5.74) is 2.44. The fourth-order valence-electron chi connectivity index (χ4n) is 2.46. The lowest BCUT2D eigenvalue weighted by Gasteiger charge is -2.12. The van der Waals surface area contributed by atoms with Crippen LogP contribution in [0.2, 0.25) is 0 Å². The van der Waals surface area contributed by atoms with Gasteiger partial charge in [0.1, 0.15) is 0 Å². The lowest BCUT2D eigenvalue weighted by molar-refractivity contribution is 0.0914. The molecule has 5 nitrogen and oxygen atoms in total. The molecule has 2 aromatic rings. The Morgan fingerprint density at radius 1 is 1.30 bits per heavy atom. The Kier molecular flexibility index (Phi) is 5.93. The van der Waals surface area contributed by atoms with Gasteiger partial charge < -0.3 is 10.4 Å². The van der Waals surface area contributed by atoms with Gasteiger partial charge in [0.2, 0.25) is 0 Å². The maximum absolute atomic E-state index is 12.4. The van der Waals surface area contributed by atoms with Gasteiger partial charge in [0.25, 0.3) is 5.91 Å². The summed E-state index contributed by atoms with van der Waals surface area (Å²) in [4.78, 5) is 12.4. The van der Waals surface area contributed by atoms with Crippen LogP contribution in [0.15, 0.2) is 36.5 Å². The Labute approximate surface area is 137 Å². The summed E-state index contributed by atoms with van der Waals surface area (Å²) >= 11 is 0. The van der Waals surface area contributed by atoms with Crippen molar-refractivity contribution in [2.45, 2.75) is 45.8 Å². The highest BCUT2D eigenvalue weighted by atomic mass is 16.3. The van der Waals surface area contributed by atoms with Crippen molar-refractivity contribution in [1.29, 1.82) is 0 Å². The monoisotopic (exact) mass is 315 g/mol. The molecule has 5 heteroatoms. The predicted octanol–water partition coefficient (Wildman–Crippen LogP) is 2.36. The normalized spacial score (nSPS) is 12.4. The van der Waals surface area contributed by atoms with Gasteiger partial charge in [-0.15, -0.1) is 0 Å². The summed E-state index contributed by atoms with van der Waals surface area (Å²) in [5, 5.41) is 17.3. The number of amides is 1. The zero-order chi connectivity index (χ0) is 16.8. The summed E-state index contributed by atoms with van der Waals surface area (Å²) in [7, 11) is 0. The third-order valence-corrected chi connectivity index (χ3v) is 3.72. The lowest BCUT2D eigenvalue weighted by Crippen LogP contribution is -2.33. The van der Waals surface area contributed by atoms with E-state index in [1.807, 2.05) is 51.1 Å². The molecule has 0 aliphatic heterocycles. The number of carbonyl (C=O) groups excluding carboxylic acids is 1. The molecule has 124 valence electrons. The number of aliphatic hydroxyl groups excluding tert-OH is 1.